The highest BCUT2D eigenvalue weighted by Crippen LogP contribution is 2.31. The first-order valence-corrected chi connectivity index (χ1v) is 11.1. The number of sulfonamides is 1. The van der Waals surface area contributed by atoms with Gasteiger partial charge in [0.05, 0.1) is 4.90 Å². The molecule has 1 atom stereocenters. The third kappa shape index (κ3) is 3.74. The number of benzene rings is 1. The standard InChI is InChI=1S/C20H28N2O4S/c1-14-9-10-17(13-15(14)2)27(25,26)22-18(11-12-19(22)23)20(24)21(3)16-7-5-4-6-8-16/h9-10,13,16,18H,4-8,11-12H2,1-3H3/t18-/m0/s1. The van der Waals surface area contributed by atoms with E-state index in [1.54, 1.807) is 24.1 Å². The minimum Gasteiger partial charge on any atom is -0.341 e. The van der Waals surface area contributed by atoms with Gasteiger partial charge in [0.15, 0.2) is 0 Å². The van der Waals surface area contributed by atoms with Gasteiger partial charge in [-0.15, -0.1) is 0 Å². The molecule has 2 fully saturated rings. The molecule has 0 unspecified atom stereocenters. The molecule has 148 valence electrons. The molecule has 1 aliphatic carbocycles. The van der Waals surface area contributed by atoms with Gasteiger partial charge in [-0.05, 0) is 56.4 Å². The van der Waals surface area contributed by atoms with Crippen LogP contribution in [0.5, 0.6) is 0 Å². The van der Waals surface area contributed by atoms with Gasteiger partial charge in [0.1, 0.15) is 6.04 Å². The van der Waals surface area contributed by atoms with E-state index in [1.165, 1.54) is 12.5 Å². The summed E-state index contributed by atoms with van der Waals surface area (Å²) < 4.78 is 27.1. The average Bonchev–Trinajstić information content (AvgIpc) is 3.05. The second kappa shape index (κ2) is 7.62. The van der Waals surface area contributed by atoms with Gasteiger partial charge in [-0.1, -0.05) is 25.3 Å². The molecule has 0 N–H and O–H groups in total. The molecular formula is C20H28N2O4S. The fraction of sp³-hybridized carbons (Fsp3) is 0.600. The lowest BCUT2D eigenvalue weighted by Gasteiger charge is -2.34. The largest absolute Gasteiger partial charge is 0.341 e. The number of hydrogen-bond acceptors (Lipinski definition) is 4. The second-order valence-corrected chi connectivity index (χ2v) is 9.55. The first-order valence-electron chi connectivity index (χ1n) is 9.64. The van der Waals surface area contributed by atoms with Gasteiger partial charge < -0.3 is 4.90 Å². The van der Waals surface area contributed by atoms with E-state index in [2.05, 4.69) is 0 Å². The zero-order valence-electron chi connectivity index (χ0n) is 16.3. The maximum Gasteiger partial charge on any atom is 0.267 e. The quantitative estimate of drug-likeness (QED) is 0.790. The summed E-state index contributed by atoms with van der Waals surface area (Å²) in [7, 11) is -2.31. The van der Waals surface area contributed by atoms with Gasteiger partial charge in [-0.2, -0.15) is 0 Å². The van der Waals surface area contributed by atoms with Gasteiger partial charge >= 0.3 is 0 Å². The Hall–Kier alpha value is -1.89. The van der Waals surface area contributed by atoms with Gasteiger partial charge in [0, 0.05) is 19.5 Å². The Kier molecular flexibility index (Phi) is 5.60. The van der Waals surface area contributed by atoms with Crippen molar-refractivity contribution in [1.29, 1.82) is 0 Å². The van der Waals surface area contributed by atoms with E-state index in [9.17, 15) is 18.0 Å². The molecular weight excluding hydrogens is 364 g/mol. The summed E-state index contributed by atoms with van der Waals surface area (Å²) >= 11 is 0. The average molecular weight is 393 g/mol. The third-order valence-electron chi connectivity index (χ3n) is 5.95. The van der Waals surface area contributed by atoms with E-state index in [0.717, 1.165) is 41.1 Å². The van der Waals surface area contributed by atoms with E-state index in [1.807, 2.05) is 13.8 Å². The van der Waals surface area contributed by atoms with Crippen LogP contribution in [0.1, 0.15) is 56.1 Å². The van der Waals surface area contributed by atoms with Crippen LogP contribution in [0.25, 0.3) is 0 Å². The molecule has 1 aromatic carbocycles. The molecule has 7 heteroatoms. The van der Waals surface area contributed by atoms with E-state index in [-0.39, 0.29) is 29.7 Å². The summed E-state index contributed by atoms with van der Waals surface area (Å²) in [5.41, 5.74) is 1.82. The van der Waals surface area contributed by atoms with Crippen LogP contribution in [-0.2, 0) is 19.6 Å². The molecule has 3 rings (SSSR count). The Labute approximate surface area is 161 Å². The van der Waals surface area contributed by atoms with E-state index >= 15 is 0 Å². The van der Waals surface area contributed by atoms with Crippen molar-refractivity contribution in [3.63, 3.8) is 0 Å². The number of likely N-dealkylation sites (N-methyl/N-ethyl adjacent to an activating group) is 1. The number of hydrogen-bond donors (Lipinski definition) is 0. The molecule has 1 heterocycles. The van der Waals surface area contributed by atoms with Crippen LogP contribution in [-0.4, -0.2) is 48.6 Å². The predicted octanol–water partition coefficient (Wildman–Crippen LogP) is 2.77. The normalized spacial score (nSPS) is 21.5. The van der Waals surface area contributed by atoms with E-state index in [0.29, 0.717) is 0 Å². The Bertz CT molecular complexity index is 844. The van der Waals surface area contributed by atoms with Crippen molar-refractivity contribution in [3.8, 4) is 0 Å². The van der Waals surface area contributed by atoms with Crippen LogP contribution in [0.2, 0.25) is 0 Å². The van der Waals surface area contributed by atoms with Crippen LogP contribution in [0.15, 0.2) is 23.1 Å². The zero-order chi connectivity index (χ0) is 19.8. The first kappa shape index (κ1) is 19.9. The monoisotopic (exact) mass is 392 g/mol. The number of aryl methyl sites for hydroxylation is 2. The molecule has 1 saturated heterocycles. The summed E-state index contributed by atoms with van der Waals surface area (Å²) in [5, 5.41) is 0. The van der Waals surface area contributed by atoms with E-state index in [4.69, 9.17) is 0 Å². The van der Waals surface area contributed by atoms with Crippen molar-refractivity contribution in [2.75, 3.05) is 7.05 Å². The van der Waals surface area contributed by atoms with Crippen LogP contribution >= 0.6 is 0 Å². The van der Waals surface area contributed by atoms with Gasteiger partial charge in [-0.25, -0.2) is 12.7 Å². The van der Waals surface area contributed by atoms with Gasteiger partial charge in [-0.3, -0.25) is 9.59 Å². The zero-order valence-corrected chi connectivity index (χ0v) is 17.1. The number of rotatable bonds is 4. The first-order chi connectivity index (χ1) is 12.7. The summed E-state index contributed by atoms with van der Waals surface area (Å²) in [6, 6.07) is 4.01. The summed E-state index contributed by atoms with van der Waals surface area (Å²) in [5.74, 6) is -0.760. The number of carbonyl (C=O) groups is 2. The van der Waals surface area contributed by atoms with Gasteiger partial charge in [0.2, 0.25) is 11.8 Å². The van der Waals surface area contributed by atoms with Crippen LogP contribution in [0, 0.1) is 13.8 Å². The highest BCUT2D eigenvalue weighted by molar-refractivity contribution is 7.89. The van der Waals surface area contributed by atoms with Gasteiger partial charge in [0.25, 0.3) is 10.0 Å². The topological polar surface area (TPSA) is 74.8 Å². The van der Waals surface area contributed by atoms with Crippen molar-refractivity contribution in [2.45, 2.75) is 75.8 Å². The van der Waals surface area contributed by atoms with Crippen molar-refractivity contribution >= 4 is 21.8 Å². The highest BCUT2D eigenvalue weighted by atomic mass is 32.2. The Morgan fingerprint density at radius 3 is 2.37 bits per heavy atom. The maximum absolute atomic E-state index is 13.2. The summed E-state index contributed by atoms with van der Waals surface area (Å²) in [6.45, 7) is 3.73. The van der Waals surface area contributed by atoms with Crippen LogP contribution in [0.3, 0.4) is 0 Å². The Balaban J connectivity index is 1.89. The molecule has 1 aliphatic heterocycles. The fourth-order valence-corrected chi connectivity index (χ4v) is 5.74. The molecule has 27 heavy (non-hydrogen) atoms. The minimum atomic E-state index is -4.05. The van der Waals surface area contributed by atoms with Crippen LogP contribution in [0.4, 0.5) is 0 Å². The number of carbonyl (C=O) groups excluding carboxylic acids is 2. The lowest BCUT2D eigenvalue weighted by molar-refractivity contribution is -0.138. The maximum atomic E-state index is 13.2. The second-order valence-electron chi connectivity index (χ2n) is 7.74. The van der Waals surface area contributed by atoms with Crippen molar-refractivity contribution in [1.82, 2.24) is 9.21 Å². The highest BCUT2D eigenvalue weighted by Gasteiger charge is 2.45. The van der Waals surface area contributed by atoms with Crippen molar-refractivity contribution in [2.24, 2.45) is 0 Å². The molecule has 1 saturated carbocycles. The SMILES string of the molecule is Cc1ccc(S(=O)(=O)N2C(=O)CC[C@H]2C(=O)N(C)C2CCCCC2)cc1C. The molecule has 2 amide bonds. The van der Waals surface area contributed by atoms with Crippen molar-refractivity contribution < 1.29 is 18.0 Å². The summed E-state index contributed by atoms with van der Waals surface area (Å²) in [6.07, 6.45) is 5.54. The number of nitrogens with zero attached hydrogens (tertiary/aromatic N) is 2. The molecule has 0 spiro atoms. The molecule has 6 nitrogen and oxygen atoms in total. The minimum absolute atomic E-state index is 0.0685. The fourth-order valence-electron chi connectivity index (χ4n) is 4.06. The van der Waals surface area contributed by atoms with Crippen LogP contribution < -0.4 is 0 Å². The molecule has 0 bridgehead atoms. The number of amides is 2. The Morgan fingerprint density at radius 1 is 1.07 bits per heavy atom. The summed E-state index contributed by atoms with van der Waals surface area (Å²) in [4.78, 5) is 27.2. The molecule has 2 aliphatic rings. The predicted molar refractivity (Wildman–Crippen MR) is 103 cm³/mol. The lowest BCUT2D eigenvalue weighted by Crippen LogP contribution is -2.50. The Morgan fingerprint density at radius 2 is 1.74 bits per heavy atom. The molecule has 0 aromatic heterocycles. The smallest absolute Gasteiger partial charge is 0.267 e. The molecule has 1 aromatic rings. The lowest BCUT2D eigenvalue weighted by atomic mass is 9.94. The molecule has 0 radical (unpaired) electrons. The van der Waals surface area contributed by atoms with Crippen molar-refractivity contribution in [3.05, 3.63) is 29.3 Å². The third-order valence-corrected chi connectivity index (χ3v) is 7.78. The van der Waals surface area contributed by atoms with E-state index < -0.39 is 22.0 Å².